The van der Waals surface area contributed by atoms with E-state index in [0.29, 0.717) is 21.6 Å². The first-order valence-electron chi connectivity index (χ1n) is 9.08. The van der Waals surface area contributed by atoms with Crippen LogP contribution in [0.2, 0.25) is 10.0 Å². The minimum atomic E-state index is -0.507. The summed E-state index contributed by atoms with van der Waals surface area (Å²) >= 11 is 13.1. The highest BCUT2D eigenvalue weighted by Gasteiger charge is 2.20. The quantitative estimate of drug-likeness (QED) is 0.485. The molecule has 1 aromatic heterocycles. The van der Waals surface area contributed by atoms with E-state index in [2.05, 4.69) is 20.8 Å². The highest BCUT2D eigenvalue weighted by Crippen LogP contribution is 2.23. The minimum Gasteiger partial charge on any atom is -0.342 e. The fraction of sp³-hybridized carbons (Fsp3) is 0.200. The number of thioether (sulfide) groups is 1. The van der Waals surface area contributed by atoms with E-state index in [4.69, 9.17) is 23.2 Å². The van der Waals surface area contributed by atoms with Gasteiger partial charge in [0.2, 0.25) is 5.91 Å². The molecule has 11 heteroatoms. The number of halogens is 3. The minimum absolute atomic E-state index is 0.0153. The van der Waals surface area contributed by atoms with Crippen LogP contribution in [0, 0.1) is 5.82 Å². The Bertz CT molecular complexity index is 1120. The van der Waals surface area contributed by atoms with E-state index in [1.807, 2.05) is 0 Å². The van der Waals surface area contributed by atoms with E-state index in [1.165, 1.54) is 18.2 Å². The predicted octanol–water partition coefficient (Wildman–Crippen LogP) is 4.48. The van der Waals surface area contributed by atoms with Gasteiger partial charge in [0.05, 0.1) is 28.1 Å². The summed E-state index contributed by atoms with van der Waals surface area (Å²) in [5, 5.41) is 14.7. The zero-order valence-electron chi connectivity index (χ0n) is 16.5. The first-order chi connectivity index (χ1) is 14.8. The number of benzene rings is 2. The zero-order chi connectivity index (χ0) is 22.5. The van der Waals surface area contributed by atoms with Crippen LogP contribution >= 0.6 is 35.0 Å². The number of nitrogens with one attached hydrogen (secondary N) is 2. The van der Waals surface area contributed by atoms with Gasteiger partial charge in [0, 0.05) is 12.1 Å². The first-order valence-corrected chi connectivity index (χ1v) is 10.8. The summed E-state index contributed by atoms with van der Waals surface area (Å²) in [6.07, 6.45) is 0. The van der Waals surface area contributed by atoms with Crippen LogP contribution in [0.1, 0.15) is 29.1 Å². The number of para-hydroxylation sites is 1. The van der Waals surface area contributed by atoms with Crippen molar-refractivity contribution in [2.45, 2.75) is 18.1 Å². The molecule has 7 nitrogen and oxygen atoms in total. The lowest BCUT2D eigenvalue weighted by molar-refractivity contribution is -0.113. The molecule has 0 unspecified atom stereocenters. The third kappa shape index (κ3) is 5.75. The fourth-order valence-electron chi connectivity index (χ4n) is 2.72. The molecule has 31 heavy (non-hydrogen) atoms. The van der Waals surface area contributed by atoms with Crippen LogP contribution < -0.4 is 10.6 Å². The number of carbonyl (C=O) groups is 2. The molecule has 0 aliphatic heterocycles. The van der Waals surface area contributed by atoms with Crippen molar-refractivity contribution < 1.29 is 14.0 Å². The smallest absolute Gasteiger partial charge is 0.253 e. The molecule has 0 bridgehead atoms. The number of rotatable bonds is 7. The normalized spacial score (nSPS) is 11.8. The monoisotopic (exact) mass is 481 g/mol. The van der Waals surface area contributed by atoms with Crippen LogP contribution in [0.15, 0.2) is 47.6 Å². The first kappa shape index (κ1) is 23.1. The average molecular weight is 482 g/mol. The summed E-state index contributed by atoms with van der Waals surface area (Å²) < 4.78 is 15.3. The van der Waals surface area contributed by atoms with Crippen LogP contribution in [-0.2, 0) is 11.8 Å². The van der Waals surface area contributed by atoms with Gasteiger partial charge in [0.15, 0.2) is 11.0 Å². The summed E-state index contributed by atoms with van der Waals surface area (Å²) in [6.45, 7) is 1.76. The maximum Gasteiger partial charge on any atom is 0.253 e. The summed E-state index contributed by atoms with van der Waals surface area (Å²) in [5.74, 6) is -0.752. The van der Waals surface area contributed by atoms with Crippen molar-refractivity contribution in [3.05, 3.63) is 69.7 Å². The SMILES string of the molecule is C[C@H](NC(=O)c1ccc(Cl)cc1Cl)c1nnc(SCC(=O)Nc2ccccc2F)n1C. The van der Waals surface area contributed by atoms with Gasteiger partial charge in [-0.2, -0.15) is 0 Å². The number of anilines is 1. The van der Waals surface area contributed by atoms with Crippen molar-refractivity contribution in [2.75, 3.05) is 11.1 Å². The number of hydrogen-bond acceptors (Lipinski definition) is 5. The lowest BCUT2D eigenvalue weighted by Gasteiger charge is -2.14. The molecule has 2 aromatic carbocycles. The molecule has 0 saturated carbocycles. The highest BCUT2D eigenvalue weighted by molar-refractivity contribution is 7.99. The molecule has 0 aliphatic carbocycles. The maximum atomic E-state index is 13.6. The molecule has 3 aromatic rings. The van der Waals surface area contributed by atoms with Gasteiger partial charge in [0.25, 0.3) is 5.91 Å². The Balaban J connectivity index is 1.60. The Morgan fingerprint density at radius 3 is 2.65 bits per heavy atom. The number of hydrogen-bond donors (Lipinski definition) is 2. The molecule has 2 N–H and O–H groups in total. The molecule has 0 fully saturated rings. The Hall–Kier alpha value is -2.62. The number of nitrogens with zero attached hydrogens (tertiary/aromatic N) is 3. The van der Waals surface area contributed by atoms with Crippen molar-refractivity contribution in [2.24, 2.45) is 7.05 Å². The molecule has 0 spiro atoms. The third-order valence-corrected chi connectivity index (χ3v) is 5.83. The lowest BCUT2D eigenvalue weighted by atomic mass is 10.2. The second-order valence-corrected chi connectivity index (χ2v) is 8.32. The van der Waals surface area contributed by atoms with E-state index in [-0.39, 0.29) is 28.3 Å². The van der Waals surface area contributed by atoms with E-state index in [0.717, 1.165) is 11.8 Å². The van der Waals surface area contributed by atoms with Crippen LogP contribution in [0.4, 0.5) is 10.1 Å². The van der Waals surface area contributed by atoms with Crippen molar-refractivity contribution in [1.82, 2.24) is 20.1 Å². The molecule has 0 saturated heterocycles. The number of carbonyl (C=O) groups excluding carboxylic acids is 2. The van der Waals surface area contributed by atoms with Gasteiger partial charge in [0.1, 0.15) is 5.82 Å². The Morgan fingerprint density at radius 2 is 1.94 bits per heavy atom. The van der Waals surface area contributed by atoms with E-state index in [9.17, 15) is 14.0 Å². The predicted molar refractivity (Wildman–Crippen MR) is 119 cm³/mol. The van der Waals surface area contributed by atoms with Gasteiger partial charge >= 0.3 is 0 Å². The molecule has 0 radical (unpaired) electrons. The third-order valence-electron chi connectivity index (χ3n) is 4.26. The van der Waals surface area contributed by atoms with E-state index >= 15 is 0 Å². The van der Waals surface area contributed by atoms with Crippen molar-refractivity contribution in [3.8, 4) is 0 Å². The molecular formula is C20H18Cl2FN5O2S. The van der Waals surface area contributed by atoms with Crippen molar-refractivity contribution in [1.29, 1.82) is 0 Å². The Kier molecular flexibility index (Phi) is 7.53. The maximum absolute atomic E-state index is 13.6. The molecule has 3 rings (SSSR count). The Morgan fingerprint density at radius 1 is 1.19 bits per heavy atom. The largest absolute Gasteiger partial charge is 0.342 e. The number of amides is 2. The van der Waals surface area contributed by atoms with Gasteiger partial charge < -0.3 is 15.2 Å². The van der Waals surface area contributed by atoms with Gasteiger partial charge in [-0.05, 0) is 37.3 Å². The second kappa shape index (κ2) is 10.1. The topological polar surface area (TPSA) is 88.9 Å². The summed E-state index contributed by atoms with van der Waals surface area (Å²) in [5.41, 5.74) is 0.406. The molecular weight excluding hydrogens is 464 g/mol. The van der Waals surface area contributed by atoms with Gasteiger partial charge in [-0.25, -0.2) is 4.39 Å². The zero-order valence-corrected chi connectivity index (χ0v) is 18.9. The van der Waals surface area contributed by atoms with E-state index < -0.39 is 11.9 Å². The fourth-order valence-corrected chi connectivity index (χ4v) is 3.93. The van der Waals surface area contributed by atoms with Gasteiger partial charge in [-0.1, -0.05) is 47.1 Å². The molecule has 0 aliphatic rings. The summed E-state index contributed by atoms with van der Waals surface area (Å²) in [6, 6.07) is 10.1. The highest BCUT2D eigenvalue weighted by atomic mass is 35.5. The summed E-state index contributed by atoms with van der Waals surface area (Å²) in [4.78, 5) is 24.6. The molecule has 2 amide bonds. The van der Waals surface area contributed by atoms with Gasteiger partial charge in [-0.15, -0.1) is 10.2 Å². The molecule has 1 atom stereocenters. The Labute approximate surface area is 192 Å². The average Bonchev–Trinajstić information content (AvgIpc) is 3.08. The standard InChI is InChI=1S/C20H18Cl2FN5O2S/c1-11(24-19(30)13-8-7-12(21)9-14(13)22)18-26-27-20(28(18)2)31-10-17(29)25-16-6-4-3-5-15(16)23/h3-9,11H,10H2,1-2H3,(H,24,30)(H,25,29)/t11-/m0/s1. The number of aromatic nitrogens is 3. The van der Waals surface area contributed by atoms with Crippen LogP contribution in [0.5, 0.6) is 0 Å². The van der Waals surface area contributed by atoms with Crippen LogP contribution in [0.25, 0.3) is 0 Å². The molecule has 1 heterocycles. The second-order valence-electron chi connectivity index (χ2n) is 6.54. The van der Waals surface area contributed by atoms with Crippen LogP contribution in [-0.4, -0.2) is 32.3 Å². The van der Waals surface area contributed by atoms with Gasteiger partial charge in [-0.3, -0.25) is 9.59 Å². The lowest BCUT2D eigenvalue weighted by Crippen LogP contribution is -2.28. The van der Waals surface area contributed by atoms with Crippen molar-refractivity contribution in [3.63, 3.8) is 0 Å². The van der Waals surface area contributed by atoms with Crippen LogP contribution in [0.3, 0.4) is 0 Å². The van der Waals surface area contributed by atoms with E-state index in [1.54, 1.807) is 42.8 Å². The molecule has 162 valence electrons. The summed E-state index contributed by atoms with van der Waals surface area (Å²) in [7, 11) is 1.73. The van der Waals surface area contributed by atoms with Crippen molar-refractivity contribution >= 4 is 52.5 Å².